The summed E-state index contributed by atoms with van der Waals surface area (Å²) in [6.07, 6.45) is 1.99. The topological polar surface area (TPSA) is 55.8 Å². The molecule has 1 unspecified atom stereocenters. The molecule has 1 fully saturated rings. The van der Waals surface area contributed by atoms with Crippen molar-refractivity contribution in [3.8, 4) is 0 Å². The smallest absolute Gasteiger partial charge is 0.335 e. The minimum Gasteiger partial charge on any atom is -0.479 e. The second-order valence-electron chi connectivity index (χ2n) is 4.05. The van der Waals surface area contributed by atoms with E-state index in [0.717, 1.165) is 13.0 Å². The van der Waals surface area contributed by atoms with Crippen LogP contribution in [-0.2, 0) is 14.3 Å². The number of carbonyl (C=O) groups is 1. The van der Waals surface area contributed by atoms with Crippen LogP contribution in [0, 0.1) is 5.92 Å². The number of aliphatic carboxylic acids is 1. The highest BCUT2D eigenvalue weighted by Crippen LogP contribution is 2.23. The molecule has 1 aliphatic rings. The van der Waals surface area contributed by atoms with Crippen molar-refractivity contribution in [3.05, 3.63) is 0 Å². The van der Waals surface area contributed by atoms with Crippen LogP contribution in [0.4, 0.5) is 0 Å². The average molecular weight is 216 g/mol. The molecule has 0 aromatic carbocycles. The summed E-state index contributed by atoms with van der Waals surface area (Å²) in [6, 6.07) is 0. The Kier molecular flexibility index (Phi) is 4.54. The highest BCUT2D eigenvalue weighted by atomic mass is 16.5. The molecule has 4 nitrogen and oxygen atoms in total. The average Bonchev–Trinajstić information content (AvgIpc) is 2.72. The predicted octanol–water partition coefficient (Wildman–Crippen LogP) is 1.68. The Morgan fingerprint density at radius 2 is 2.20 bits per heavy atom. The third-order valence-corrected chi connectivity index (χ3v) is 3.15. The van der Waals surface area contributed by atoms with Crippen molar-refractivity contribution < 1.29 is 19.4 Å². The molecule has 0 saturated carbocycles. The molecule has 0 amide bonds. The molecule has 1 rings (SSSR count). The van der Waals surface area contributed by atoms with Crippen molar-refractivity contribution in [1.29, 1.82) is 0 Å². The predicted molar refractivity (Wildman–Crippen MR) is 55.8 cm³/mol. The largest absolute Gasteiger partial charge is 0.479 e. The molecule has 4 heteroatoms. The van der Waals surface area contributed by atoms with Gasteiger partial charge in [-0.1, -0.05) is 13.8 Å². The number of rotatable bonds is 6. The number of carboxylic acid groups (broad SMARTS) is 1. The maximum Gasteiger partial charge on any atom is 0.335 e. The van der Waals surface area contributed by atoms with Crippen molar-refractivity contribution in [2.45, 2.75) is 38.7 Å². The van der Waals surface area contributed by atoms with Gasteiger partial charge in [-0.25, -0.2) is 4.79 Å². The number of ether oxygens (including phenoxy) is 2. The molecule has 1 heterocycles. The lowest BCUT2D eigenvalue weighted by Gasteiger charge is -2.28. The lowest BCUT2D eigenvalue weighted by molar-refractivity contribution is -0.169. The third-order valence-electron chi connectivity index (χ3n) is 3.15. The van der Waals surface area contributed by atoms with Gasteiger partial charge in [0, 0.05) is 12.5 Å². The summed E-state index contributed by atoms with van der Waals surface area (Å²) >= 11 is 0. The standard InChI is InChI=1S/C11H20O4/c1-3-11(4-2,10(12)13)15-8-9-5-6-14-7-9/h9H,3-8H2,1-2H3,(H,12,13). The van der Waals surface area contributed by atoms with Crippen molar-refractivity contribution in [2.24, 2.45) is 5.92 Å². The van der Waals surface area contributed by atoms with E-state index in [1.54, 1.807) is 0 Å². The van der Waals surface area contributed by atoms with Gasteiger partial charge >= 0.3 is 5.97 Å². The van der Waals surface area contributed by atoms with E-state index >= 15 is 0 Å². The zero-order chi connectivity index (χ0) is 11.3. The van der Waals surface area contributed by atoms with Gasteiger partial charge in [0.15, 0.2) is 5.60 Å². The van der Waals surface area contributed by atoms with E-state index in [1.165, 1.54) is 0 Å². The molecule has 1 saturated heterocycles. The molecule has 88 valence electrons. The highest BCUT2D eigenvalue weighted by Gasteiger charge is 2.36. The van der Waals surface area contributed by atoms with Crippen LogP contribution in [0.3, 0.4) is 0 Å². The fourth-order valence-corrected chi connectivity index (χ4v) is 1.81. The first-order valence-electron chi connectivity index (χ1n) is 5.59. The molecule has 0 bridgehead atoms. The molecule has 15 heavy (non-hydrogen) atoms. The quantitative estimate of drug-likeness (QED) is 0.734. The van der Waals surface area contributed by atoms with E-state index in [1.807, 2.05) is 13.8 Å². The minimum atomic E-state index is -0.997. The lowest BCUT2D eigenvalue weighted by Crippen LogP contribution is -2.41. The summed E-state index contributed by atoms with van der Waals surface area (Å²) in [5.74, 6) is -0.492. The normalized spacial score (nSPS) is 21.9. The zero-order valence-corrected chi connectivity index (χ0v) is 9.49. The van der Waals surface area contributed by atoms with Gasteiger partial charge in [-0.2, -0.15) is 0 Å². The Balaban J connectivity index is 2.46. The summed E-state index contributed by atoms with van der Waals surface area (Å²) in [4.78, 5) is 11.1. The Morgan fingerprint density at radius 3 is 2.60 bits per heavy atom. The van der Waals surface area contributed by atoms with Gasteiger partial charge in [0.25, 0.3) is 0 Å². The maximum atomic E-state index is 11.1. The van der Waals surface area contributed by atoms with Gasteiger partial charge in [-0.05, 0) is 19.3 Å². The van der Waals surface area contributed by atoms with Gasteiger partial charge < -0.3 is 14.6 Å². The van der Waals surface area contributed by atoms with E-state index in [-0.39, 0.29) is 0 Å². The summed E-state index contributed by atoms with van der Waals surface area (Å²) in [6.45, 7) is 5.66. The Morgan fingerprint density at radius 1 is 1.53 bits per heavy atom. The summed E-state index contributed by atoms with van der Waals surface area (Å²) in [5, 5.41) is 9.14. The molecule has 1 N–H and O–H groups in total. The Hall–Kier alpha value is -0.610. The Bertz CT molecular complexity index is 205. The molecule has 0 aromatic rings. The van der Waals surface area contributed by atoms with Gasteiger partial charge in [0.1, 0.15) is 0 Å². The molecule has 1 aliphatic heterocycles. The first-order valence-corrected chi connectivity index (χ1v) is 5.59. The minimum absolute atomic E-state index is 0.363. The van der Waals surface area contributed by atoms with Crippen LogP contribution in [0.15, 0.2) is 0 Å². The maximum absolute atomic E-state index is 11.1. The van der Waals surface area contributed by atoms with Crippen LogP contribution in [0.25, 0.3) is 0 Å². The zero-order valence-electron chi connectivity index (χ0n) is 9.49. The second kappa shape index (κ2) is 5.47. The van der Waals surface area contributed by atoms with Gasteiger partial charge in [0.2, 0.25) is 0 Å². The molecule has 1 atom stereocenters. The fourth-order valence-electron chi connectivity index (χ4n) is 1.81. The van der Waals surface area contributed by atoms with Gasteiger partial charge in [-0.3, -0.25) is 0 Å². The highest BCUT2D eigenvalue weighted by molar-refractivity contribution is 5.77. The van der Waals surface area contributed by atoms with Crippen molar-refractivity contribution >= 4 is 5.97 Å². The van der Waals surface area contributed by atoms with Crippen LogP contribution in [0.2, 0.25) is 0 Å². The van der Waals surface area contributed by atoms with E-state index in [4.69, 9.17) is 14.6 Å². The number of hydrogen-bond donors (Lipinski definition) is 1. The van der Waals surface area contributed by atoms with Crippen molar-refractivity contribution in [1.82, 2.24) is 0 Å². The number of carboxylic acids is 1. The second-order valence-corrected chi connectivity index (χ2v) is 4.05. The van der Waals surface area contributed by atoms with Crippen LogP contribution in [0.1, 0.15) is 33.1 Å². The third kappa shape index (κ3) is 2.92. The molecular weight excluding hydrogens is 196 g/mol. The molecule has 0 radical (unpaired) electrons. The van der Waals surface area contributed by atoms with Gasteiger partial charge in [0.05, 0.1) is 13.2 Å². The molecular formula is C11H20O4. The van der Waals surface area contributed by atoms with E-state index in [0.29, 0.717) is 32.0 Å². The lowest BCUT2D eigenvalue weighted by atomic mass is 9.97. The summed E-state index contributed by atoms with van der Waals surface area (Å²) in [7, 11) is 0. The fraction of sp³-hybridized carbons (Fsp3) is 0.909. The van der Waals surface area contributed by atoms with E-state index < -0.39 is 11.6 Å². The monoisotopic (exact) mass is 216 g/mol. The van der Waals surface area contributed by atoms with Gasteiger partial charge in [-0.15, -0.1) is 0 Å². The first kappa shape index (κ1) is 12.5. The van der Waals surface area contributed by atoms with Crippen LogP contribution in [-0.4, -0.2) is 36.5 Å². The summed E-state index contributed by atoms with van der Waals surface area (Å²) < 4.78 is 10.8. The van der Waals surface area contributed by atoms with E-state index in [9.17, 15) is 4.79 Å². The molecule has 0 aromatic heterocycles. The molecule has 0 spiro atoms. The van der Waals surface area contributed by atoms with Crippen LogP contribution >= 0.6 is 0 Å². The summed E-state index contributed by atoms with van der Waals surface area (Å²) in [5.41, 5.74) is -0.997. The SMILES string of the molecule is CCC(CC)(OCC1CCOC1)C(=O)O. The van der Waals surface area contributed by atoms with Crippen molar-refractivity contribution in [3.63, 3.8) is 0 Å². The number of hydrogen-bond acceptors (Lipinski definition) is 3. The van der Waals surface area contributed by atoms with Crippen LogP contribution in [0.5, 0.6) is 0 Å². The Labute approximate surface area is 90.6 Å². The first-order chi connectivity index (χ1) is 7.14. The van der Waals surface area contributed by atoms with Crippen LogP contribution < -0.4 is 0 Å². The van der Waals surface area contributed by atoms with Crippen molar-refractivity contribution in [2.75, 3.05) is 19.8 Å². The van der Waals surface area contributed by atoms with E-state index in [2.05, 4.69) is 0 Å². The molecule has 0 aliphatic carbocycles.